The predicted molar refractivity (Wildman–Crippen MR) is 73.6 cm³/mol. The van der Waals surface area contributed by atoms with Gasteiger partial charge in [-0.05, 0) is 19.2 Å². The summed E-state index contributed by atoms with van der Waals surface area (Å²) in [7, 11) is 1.93. The largest absolute Gasteiger partial charge is 0.308 e. The Bertz CT molecular complexity index is 544. The van der Waals surface area contributed by atoms with Gasteiger partial charge in [-0.15, -0.1) is 0 Å². The second-order valence-electron chi connectivity index (χ2n) is 4.42. The van der Waals surface area contributed by atoms with Gasteiger partial charge in [-0.1, -0.05) is 24.3 Å². The van der Waals surface area contributed by atoms with Gasteiger partial charge in [-0.3, -0.25) is 4.90 Å². The van der Waals surface area contributed by atoms with Gasteiger partial charge in [-0.2, -0.15) is 0 Å². The van der Waals surface area contributed by atoms with E-state index in [-0.39, 0.29) is 5.82 Å². The molecule has 1 heterocycles. The van der Waals surface area contributed by atoms with Crippen molar-refractivity contribution in [1.82, 2.24) is 9.88 Å². The molecule has 5 heteroatoms. The third-order valence-electron chi connectivity index (χ3n) is 2.87. The number of nitrogens with two attached hydrogens (primary N) is 1. The van der Waals surface area contributed by atoms with Crippen LogP contribution in [0.25, 0.3) is 0 Å². The van der Waals surface area contributed by atoms with Gasteiger partial charge >= 0.3 is 0 Å². The first-order chi connectivity index (χ1) is 9.20. The van der Waals surface area contributed by atoms with Crippen molar-refractivity contribution in [2.45, 2.75) is 13.1 Å². The molecule has 100 valence electrons. The number of hydrogen-bond acceptors (Lipinski definition) is 4. The maximum absolute atomic E-state index is 13.6. The highest BCUT2D eigenvalue weighted by atomic mass is 19.1. The molecule has 0 saturated carbocycles. The molecule has 1 aromatic carbocycles. The van der Waals surface area contributed by atoms with E-state index in [1.165, 1.54) is 6.07 Å². The van der Waals surface area contributed by atoms with E-state index in [0.717, 1.165) is 5.56 Å². The number of pyridine rings is 1. The first kappa shape index (κ1) is 13.5. The van der Waals surface area contributed by atoms with Gasteiger partial charge in [-0.25, -0.2) is 15.2 Å². The van der Waals surface area contributed by atoms with E-state index < -0.39 is 0 Å². The number of hydrazine groups is 1. The molecule has 1 aromatic heterocycles. The first-order valence-electron chi connectivity index (χ1n) is 6.03. The molecule has 0 fully saturated rings. The Morgan fingerprint density at radius 1 is 1.16 bits per heavy atom. The average molecular weight is 260 g/mol. The fourth-order valence-corrected chi connectivity index (χ4v) is 1.96. The first-order valence-corrected chi connectivity index (χ1v) is 6.03. The molecule has 0 unspecified atom stereocenters. The molecule has 19 heavy (non-hydrogen) atoms. The van der Waals surface area contributed by atoms with E-state index in [2.05, 4.69) is 10.4 Å². The van der Waals surface area contributed by atoms with Crippen LogP contribution in [0.2, 0.25) is 0 Å². The van der Waals surface area contributed by atoms with Crippen molar-refractivity contribution in [2.75, 3.05) is 12.5 Å². The Labute approximate surface area is 112 Å². The lowest BCUT2D eigenvalue weighted by Crippen LogP contribution is -2.20. The standard InChI is InChI=1S/C14H17FN4/c1-19(9-11-5-2-3-7-13(11)15)10-12-6-4-8-17-14(12)18-16/h2-8H,9-10,16H2,1H3,(H,17,18). The number of nitrogen functional groups attached to an aromatic ring is 1. The van der Waals surface area contributed by atoms with E-state index in [4.69, 9.17) is 5.84 Å². The third-order valence-corrected chi connectivity index (χ3v) is 2.87. The number of benzene rings is 1. The Morgan fingerprint density at radius 2 is 1.84 bits per heavy atom. The number of halogens is 1. The summed E-state index contributed by atoms with van der Waals surface area (Å²) in [6, 6.07) is 10.6. The van der Waals surface area contributed by atoms with Gasteiger partial charge in [0.25, 0.3) is 0 Å². The monoisotopic (exact) mass is 260 g/mol. The fraction of sp³-hybridized carbons (Fsp3) is 0.214. The molecule has 0 aliphatic carbocycles. The van der Waals surface area contributed by atoms with Crippen LogP contribution >= 0.6 is 0 Å². The molecule has 0 bridgehead atoms. The number of rotatable bonds is 5. The van der Waals surface area contributed by atoms with Crippen LogP contribution < -0.4 is 11.3 Å². The summed E-state index contributed by atoms with van der Waals surface area (Å²) in [6.45, 7) is 1.17. The topological polar surface area (TPSA) is 54.2 Å². The van der Waals surface area contributed by atoms with E-state index in [0.29, 0.717) is 24.5 Å². The number of nitrogens with zero attached hydrogens (tertiary/aromatic N) is 2. The van der Waals surface area contributed by atoms with E-state index in [9.17, 15) is 4.39 Å². The molecule has 0 aliphatic heterocycles. The normalized spacial score (nSPS) is 10.7. The molecule has 2 rings (SSSR count). The fourth-order valence-electron chi connectivity index (χ4n) is 1.96. The highest BCUT2D eigenvalue weighted by molar-refractivity contribution is 5.42. The van der Waals surface area contributed by atoms with Gasteiger partial charge in [0, 0.05) is 30.4 Å². The summed E-state index contributed by atoms with van der Waals surface area (Å²) < 4.78 is 13.6. The Balaban J connectivity index is 2.05. The molecule has 0 radical (unpaired) electrons. The molecule has 2 aromatic rings. The van der Waals surface area contributed by atoms with Crippen LogP contribution in [0, 0.1) is 5.82 Å². The lowest BCUT2D eigenvalue weighted by Gasteiger charge is -2.18. The van der Waals surface area contributed by atoms with Crippen molar-refractivity contribution < 1.29 is 4.39 Å². The Hall–Kier alpha value is -1.98. The summed E-state index contributed by atoms with van der Waals surface area (Å²) in [5.74, 6) is 5.87. The second kappa shape index (κ2) is 6.26. The summed E-state index contributed by atoms with van der Waals surface area (Å²) in [5.41, 5.74) is 4.22. The van der Waals surface area contributed by atoms with Crippen LogP contribution in [-0.4, -0.2) is 16.9 Å². The minimum Gasteiger partial charge on any atom is -0.308 e. The van der Waals surface area contributed by atoms with Crippen molar-refractivity contribution in [1.29, 1.82) is 0 Å². The van der Waals surface area contributed by atoms with Crippen LogP contribution in [0.5, 0.6) is 0 Å². The summed E-state index contributed by atoms with van der Waals surface area (Å²) >= 11 is 0. The minimum atomic E-state index is -0.183. The van der Waals surface area contributed by atoms with Gasteiger partial charge in [0.1, 0.15) is 11.6 Å². The maximum atomic E-state index is 13.6. The van der Waals surface area contributed by atoms with E-state index in [1.807, 2.05) is 30.1 Å². The van der Waals surface area contributed by atoms with Gasteiger partial charge in [0.05, 0.1) is 0 Å². The minimum absolute atomic E-state index is 0.183. The van der Waals surface area contributed by atoms with Gasteiger partial charge in [0.15, 0.2) is 0 Å². The molecule has 0 aliphatic rings. The van der Waals surface area contributed by atoms with Crippen molar-refractivity contribution >= 4 is 5.82 Å². The van der Waals surface area contributed by atoms with E-state index in [1.54, 1.807) is 18.3 Å². The average Bonchev–Trinajstić information content (AvgIpc) is 2.42. The Kier molecular flexibility index (Phi) is 4.43. The van der Waals surface area contributed by atoms with Crippen LogP contribution in [0.4, 0.5) is 10.2 Å². The Morgan fingerprint density at radius 3 is 2.58 bits per heavy atom. The molecule has 4 nitrogen and oxygen atoms in total. The molecular weight excluding hydrogens is 243 g/mol. The van der Waals surface area contributed by atoms with Crippen molar-refractivity contribution in [3.8, 4) is 0 Å². The van der Waals surface area contributed by atoms with Crippen molar-refractivity contribution in [3.63, 3.8) is 0 Å². The highest BCUT2D eigenvalue weighted by Crippen LogP contribution is 2.15. The zero-order valence-corrected chi connectivity index (χ0v) is 10.8. The van der Waals surface area contributed by atoms with E-state index >= 15 is 0 Å². The SMILES string of the molecule is CN(Cc1ccccc1F)Cc1cccnc1NN. The van der Waals surface area contributed by atoms with Gasteiger partial charge < -0.3 is 5.43 Å². The molecule has 0 atom stereocenters. The number of anilines is 1. The lowest BCUT2D eigenvalue weighted by molar-refractivity contribution is 0.313. The molecule has 0 saturated heterocycles. The van der Waals surface area contributed by atoms with Gasteiger partial charge in [0.2, 0.25) is 0 Å². The van der Waals surface area contributed by atoms with Crippen LogP contribution in [0.15, 0.2) is 42.6 Å². The molecule has 0 amide bonds. The highest BCUT2D eigenvalue weighted by Gasteiger charge is 2.08. The van der Waals surface area contributed by atoms with Crippen molar-refractivity contribution in [2.24, 2.45) is 5.84 Å². The summed E-state index contributed by atoms with van der Waals surface area (Å²) in [6.07, 6.45) is 1.68. The third kappa shape index (κ3) is 3.49. The number of aromatic nitrogens is 1. The summed E-state index contributed by atoms with van der Waals surface area (Å²) in [5, 5.41) is 0. The lowest BCUT2D eigenvalue weighted by atomic mass is 10.2. The smallest absolute Gasteiger partial charge is 0.144 e. The number of nitrogens with one attached hydrogen (secondary N) is 1. The summed E-state index contributed by atoms with van der Waals surface area (Å²) in [4.78, 5) is 6.15. The predicted octanol–water partition coefficient (Wildman–Crippen LogP) is 2.14. The molecule has 3 N–H and O–H groups in total. The van der Waals surface area contributed by atoms with Crippen LogP contribution in [0.1, 0.15) is 11.1 Å². The second-order valence-corrected chi connectivity index (χ2v) is 4.42. The maximum Gasteiger partial charge on any atom is 0.144 e. The van der Waals surface area contributed by atoms with Crippen molar-refractivity contribution in [3.05, 3.63) is 59.5 Å². The molecular formula is C14H17FN4. The quantitative estimate of drug-likeness (QED) is 0.639. The van der Waals surface area contributed by atoms with Crippen LogP contribution in [0.3, 0.4) is 0 Å². The number of hydrogen-bond donors (Lipinski definition) is 2. The molecule has 0 spiro atoms. The zero-order valence-electron chi connectivity index (χ0n) is 10.8. The zero-order chi connectivity index (χ0) is 13.7. The van der Waals surface area contributed by atoms with Crippen LogP contribution in [-0.2, 0) is 13.1 Å².